The molecule has 1 aromatic heterocycles. The number of hydrogen-bond donors (Lipinski definition) is 1. The Morgan fingerprint density at radius 3 is 2.45 bits per heavy atom. The van der Waals surface area contributed by atoms with Crippen molar-refractivity contribution < 1.29 is 0 Å². The summed E-state index contributed by atoms with van der Waals surface area (Å²) in [7, 11) is 4.13. The van der Waals surface area contributed by atoms with Gasteiger partial charge in [-0.3, -0.25) is 0 Å². The van der Waals surface area contributed by atoms with Gasteiger partial charge in [0.05, 0.1) is 0 Å². The van der Waals surface area contributed by atoms with E-state index in [4.69, 9.17) is 0 Å². The van der Waals surface area contributed by atoms with Crippen LogP contribution in [0.4, 0.5) is 0 Å². The molecule has 4 nitrogen and oxygen atoms in total. The molecule has 0 saturated heterocycles. The van der Waals surface area contributed by atoms with E-state index in [-0.39, 0.29) is 0 Å². The highest BCUT2D eigenvalue weighted by atomic mass is 32.2. The zero-order valence-electron chi connectivity index (χ0n) is 13.6. The molecule has 114 valence electrons. The molecular formula is C15H28N4S. The molecule has 0 bridgehead atoms. The van der Waals surface area contributed by atoms with Crippen LogP contribution in [-0.2, 0) is 7.05 Å². The minimum Gasteiger partial charge on any atom is -0.316 e. The molecule has 1 saturated carbocycles. The maximum absolute atomic E-state index is 4.31. The Hall–Kier alpha value is -0.550. The second-order valence-electron chi connectivity index (χ2n) is 7.02. The fourth-order valence-electron chi connectivity index (χ4n) is 3.00. The zero-order valence-corrected chi connectivity index (χ0v) is 14.4. The molecule has 5 heteroatoms. The number of nitrogens with one attached hydrogen (secondary N) is 1. The summed E-state index contributed by atoms with van der Waals surface area (Å²) in [5.74, 6) is 1.77. The maximum Gasteiger partial charge on any atom is 0.191 e. The van der Waals surface area contributed by atoms with Crippen molar-refractivity contribution in [1.82, 2.24) is 20.1 Å². The fourth-order valence-corrected chi connectivity index (χ4v) is 4.42. The molecule has 2 rings (SSSR count). The van der Waals surface area contributed by atoms with Gasteiger partial charge in [-0.1, -0.05) is 32.5 Å². The predicted molar refractivity (Wildman–Crippen MR) is 85.0 cm³/mol. The van der Waals surface area contributed by atoms with Crippen LogP contribution < -0.4 is 5.32 Å². The lowest BCUT2D eigenvalue weighted by Gasteiger charge is -2.41. The van der Waals surface area contributed by atoms with Gasteiger partial charge in [0.2, 0.25) is 0 Å². The summed E-state index contributed by atoms with van der Waals surface area (Å²) in [6.07, 6.45) is 3.84. The molecule has 1 aliphatic rings. The van der Waals surface area contributed by atoms with Crippen LogP contribution in [0, 0.1) is 18.3 Å². The second kappa shape index (κ2) is 6.06. The van der Waals surface area contributed by atoms with Gasteiger partial charge in [-0.15, -0.1) is 10.2 Å². The van der Waals surface area contributed by atoms with Gasteiger partial charge < -0.3 is 9.88 Å². The van der Waals surface area contributed by atoms with Gasteiger partial charge in [0, 0.05) is 18.3 Å². The van der Waals surface area contributed by atoms with Crippen LogP contribution >= 0.6 is 11.8 Å². The monoisotopic (exact) mass is 296 g/mol. The summed E-state index contributed by atoms with van der Waals surface area (Å²) in [6.45, 7) is 9.11. The number of nitrogens with zero attached hydrogens (tertiary/aromatic N) is 3. The average Bonchev–Trinajstić information content (AvgIpc) is 2.69. The number of aromatic nitrogens is 3. The number of hydrogen-bond acceptors (Lipinski definition) is 4. The first kappa shape index (κ1) is 15.8. The Labute approximate surface area is 127 Å². The standard InChI is InChI=1S/C15H28N4S/c1-10-17-18-14(19(10)6)20-13-9-11(15(2,3)4)7-8-12(13)16-5/h11-13,16H,7-9H2,1-6H3. The third-order valence-corrected chi connectivity index (χ3v) is 6.09. The van der Waals surface area contributed by atoms with Crippen LogP contribution in [0.15, 0.2) is 5.16 Å². The summed E-state index contributed by atoms with van der Waals surface area (Å²) in [5, 5.41) is 13.6. The van der Waals surface area contributed by atoms with Gasteiger partial charge in [-0.25, -0.2) is 0 Å². The van der Waals surface area contributed by atoms with Crippen molar-refractivity contribution in [2.24, 2.45) is 18.4 Å². The van der Waals surface area contributed by atoms with E-state index in [2.05, 4.69) is 54.9 Å². The van der Waals surface area contributed by atoms with E-state index in [1.54, 1.807) is 0 Å². The van der Waals surface area contributed by atoms with Gasteiger partial charge >= 0.3 is 0 Å². The van der Waals surface area contributed by atoms with E-state index in [0.717, 1.165) is 16.9 Å². The summed E-state index contributed by atoms with van der Waals surface area (Å²) in [4.78, 5) is 0. The first-order valence-corrected chi connectivity index (χ1v) is 8.40. The average molecular weight is 296 g/mol. The lowest BCUT2D eigenvalue weighted by Crippen LogP contribution is -2.43. The van der Waals surface area contributed by atoms with Crippen molar-refractivity contribution in [3.63, 3.8) is 0 Å². The van der Waals surface area contributed by atoms with Crippen LogP contribution in [0.1, 0.15) is 45.9 Å². The quantitative estimate of drug-likeness (QED) is 0.931. The second-order valence-corrected chi connectivity index (χ2v) is 8.22. The molecule has 3 atom stereocenters. The van der Waals surface area contributed by atoms with Crippen LogP contribution in [-0.4, -0.2) is 33.1 Å². The van der Waals surface area contributed by atoms with E-state index < -0.39 is 0 Å². The van der Waals surface area contributed by atoms with Crippen LogP contribution in [0.25, 0.3) is 0 Å². The largest absolute Gasteiger partial charge is 0.316 e. The Balaban J connectivity index is 2.11. The molecule has 1 fully saturated rings. The van der Waals surface area contributed by atoms with Gasteiger partial charge in [-0.2, -0.15) is 0 Å². The minimum atomic E-state index is 0.396. The fraction of sp³-hybridized carbons (Fsp3) is 0.867. The molecule has 0 radical (unpaired) electrons. The molecule has 1 heterocycles. The van der Waals surface area contributed by atoms with Crippen molar-refractivity contribution in [3.05, 3.63) is 5.82 Å². The summed E-state index contributed by atoms with van der Waals surface area (Å²) >= 11 is 1.89. The highest BCUT2D eigenvalue weighted by molar-refractivity contribution is 7.99. The molecule has 1 aliphatic carbocycles. The molecule has 1 aromatic rings. The Bertz CT molecular complexity index is 449. The van der Waals surface area contributed by atoms with Crippen LogP contribution in [0.2, 0.25) is 0 Å². The van der Waals surface area contributed by atoms with E-state index in [9.17, 15) is 0 Å². The first-order chi connectivity index (χ1) is 9.32. The third kappa shape index (κ3) is 3.37. The zero-order chi connectivity index (χ0) is 14.9. The van der Waals surface area contributed by atoms with Gasteiger partial charge in [0.25, 0.3) is 0 Å². The van der Waals surface area contributed by atoms with Gasteiger partial charge in [0.1, 0.15) is 5.82 Å². The van der Waals surface area contributed by atoms with Gasteiger partial charge in [-0.05, 0) is 44.6 Å². The molecule has 1 N–H and O–H groups in total. The van der Waals surface area contributed by atoms with E-state index >= 15 is 0 Å². The van der Waals surface area contributed by atoms with Crippen LogP contribution in [0.3, 0.4) is 0 Å². The summed E-state index contributed by atoms with van der Waals surface area (Å²) in [6, 6.07) is 0.579. The SMILES string of the molecule is CNC1CCC(C(C)(C)C)CC1Sc1nnc(C)n1C. The topological polar surface area (TPSA) is 42.7 Å². The van der Waals surface area contributed by atoms with E-state index in [1.807, 2.05) is 18.7 Å². The predicted octanol–water partition coefficient (Wildman–Crippen LogP) is 3.02. The maximum atomic E-state index is 4.31. The third-order valence-electron chi connectivity index (χ3n) is 4.70. The van der Waals surface area contributed by atoms with Crippen molar-refractivity contribution in [2.75, 3.05) is 7.05 Å². The van der Waals surface area contributed by atoms with E-state index in [1.165, 1.54) is 19.3 Å². The first-order valence-electron chi connectivity index (χ1n) is 7.53. The van der Waals surface area contributed by atoms with Crippen LogP contribution in [0.5, 0.6) is 0 Å². The summed E-state index contributed by atoms with van der Waals surface area (Å²) in [5.41, 5.74) is 0.396. The summed E-state index contributed by atoms with van der Waals surface area (Å²) < 4.78 is 2.10. The number of thioether (sulfide) groups is 1. The Morgan fingerprint density at radius 1 is 1.25 bits per heavy atom. The van der Waals surface area contributed by atoms with Crippen molar-refractivity contribution in [3.8, 4) is 0 Å². The van der Waals surface area contributed by atoms with Crippen molar-refractivity contribution in [1.29, 1.82) is 0 Å². The highest BCUT2D eigenvalue weighted by Gasteiger charge is 2.36. The Morgan fingerprint density at radius 2 is 1.95 bits per heavy atom. The molecular weight excluding hydrogens is 268 g/mol. The van der Waals surface area contributed by atoms with E-state index in [0.29, 0.717) is 16.7 Å². The molecule has 0 aliphatic heterocycles. The van der Waals surface area contributed by atoms with Gasteiger partial charge in [0.15, 0.2) is 5.16 Å². The normalized spacial score (nSPS) is 27.8. The lowest BCUT2D eigenvalue weighted by atomic mass is 9.71. The van der Waals surface area contributed by atoms with Crippen molar-refractivity contribution in [2.45, 2.75) is 63.4 Å². The molecule has 20 heavy (non-hydrogen) atoms. The lowest BCUT2D eigenvalue weighted by molar-refractivity contribution is 0.167. The number of rotatable bonds is 3. The molecule has 3 unspecified atom stereocenters. The molecule has 0 aromatic carbocycles. The minimum absolute atomic E-state index is 0.396. The molecule has 0 spiro atoms. The highest BCUT2D eigenvalue weighted by Crippen LogP contribution is 2.42. The Kier molecular flexibility index (Phi) is 4.80. The number of aryl methyl sites for hydroxylation is 1. The molecule has 0 amide bonds. The smallest absolute Gasteiger partial charge is 0.191 e. The van der Waals surface area contributed by atoms with Crippen molar-refractivity contribution >= 4 is 11.8 Å².